The number of aromatic nitrogens is 7. The molecule has 0 radical (unpaired) electrons. The van der Waals surface area contributed by atoms with Crippen molar-refractivity contribution in [1.82, 2.24) is 34.5 Å². The van der Waals surface area contributed by atoms with E-state index in [0.29, 0.717) is 29.2 Å². The maximum atomic E-state index is 14.3. The lowest BCUT2D eigenvalue weighted by Crippen LogP contribution is -2.07. The number of pyridine rings is 1. The van der Waals surface area contributed by atoms with Gasteiger partial charge in [-0.3, -0.25) is 0 Å². The van der Waals surface area contributed by atoms with Crippen molar-refractivity contribution in [3.05, 3.63) is 60.8 Å². The van der Waals surface area contributed by atoms with Gasteiger partial charge in [0, 0.05) is 19.0 Å². The van der Waals surface area contributed by atoms with Gasteiger partial charge in [0.15, 0.2) is 11.5 Å². The molecular formula is C19H17Cl2FN8. The van der Waals surface area contributed by atoms with Crippen LogP contribution in [0.2, 0.25) is 0 Å². The van der Waals surface area contributed by atoms with Crippen LogP contribution in [0.15, 0.2) is 49.4 Å². The molecule has 154 valence electrons. The summed E-state index contributed by atoms with van der Waals surface area (Å²) in [7, 11) is 1.88. The van der Waals surface area contributed by atoms with E-state index in [9.17, 15) is 4.39 Å². The Balaban J connectivity index is 0.00000128. The minimum Gasteiger partial charge on any atom is -0.364 e. The SMILES string of the molecule is Cl.Cl.Cn1cncc1-c1nc2c(F)cccc2cc1CNc1ncnc2nc[nH]c12. The summed E-state index contributed by atoms with van der Waals surface area (Å²) in [6, 6.07) is 6.88. The first kappa shape index (κ1) is 21.4. The first-order valence-corrected chi connectivity index (χ1v) is 8.63. The quantitative estimate of drug-likeness (QED) is 0.434. The van der Waals surface area contributed by atoms with Crippen molar-refractivity contribution in [2.45, 2.75) is 6.54 Å². The van der Waals surface area contributed by atoms with Gasteiger partial charge in [0.1, 0.15) is 23.2 Å². The molecule has 8 nitrogen and oxygen atoms in total. The highest BCUT2D eigenvalue weighted by atomic mass is 35.5. The highest BCUT2D eigenvalue weighted by molar-refractivity contribution is 5.86. The number of imidazole rings is 2. The molecule has 0 spiro atoms. The molecule has 0 aliphatic rings. The largest absolute Gasteiger partial charge is 0.364 e. The van der Waals surface area contributed by atoms with Crippen LogP contribution in [0.25, 0.3) is 33.5 Å². The predicted octanol–water partition coefficient (Wildman–Crippen LogP) is 3.90. The number of fused-ring (bicyclic) bond motifs is 2. The Bertz CT molecular complexity index is 1320. The first-order valence-electron chi connectivity index (χ1n) is 8.63. The number of aromatic amines is 1. The molecule has 0 bridgehead atoms. The smallest absolute Gasteiger partial charge is 0.182 e. The van der Waals surface area contributed by atoms with Crippen molar-refractivity contribution in [1.29, 1.82) is 0 Å². The fourth-order valence-corrected chi connectivity index (χ4v) is 3.23. The molecule has 0 saturated heterocycles. The maximum Gasteiger partial charge on any atom is 0.182 e. The third-order valence-electron chi connectivity index (χ3n) is 4.60. The Morgan fingerprint density at radius 3 is 2.83 bits per heavy atom. The summed E-state index contributed by atoms with van der Waals surface area (Å²) in [6.07, 6.45) is 6.45. The predicted molar refractivity (Wildman–Crippen MR) is 117 cm³/mol. The molecule has 0 fully saturated rings. The van der Waals surface area contributed by atoms with E-state index >= 15 is 0 Å². The highest BCUT2D eigenvalue weighted by Gasteiger charge is 2.15. The van der Waals surface area contributed by atoms with Crippen molar-refractivity contribution in [2.75, 3.05) is 5.32 Å². The van der Waals surface area contributed by atoms with Crippen LogP contribution in [0.4, 0.5) is 10.2 Å². The minimum atomic E-state index is -0.351. The summed E-state index contributed by atoms with van der Waals surface area (Å²) in [4.78, 5) is 24.4. The molecule has 0 saturated carbocycles. The monoisotopic (exact) mass is 446 g/mol. The number of hydrogen-bond donors (Lipinski definition) is 2. The summed E-state index contributed by atoms with van der Waals surface area (Å²) >= 11 is 0. The van der Waals surface area contributed by atoms with Crippen LogP contribution in [0.3, 0.4) is 0 Å². The highest BCUT2D eigenvalue weighted by Crippen LogP contribution is 2.27. The molecule has 4 aromatic heterocycles. The van der Waals surface area contributed by atoms with E-state index in [0.717, 1.165) is 22.2 Å². The molecule has 5 rings (SSSR count). The van der Waals surface area contributed by atoms with Crippen molar-refractivity contribution < 1.29 is 4.39 Å². The van der Waals surface area contributed by atoms with E-state index in [1.807, 2.05) is 23.7 Å². The summed E-state index contributed by atoms with van der Waals surface area (Å²) in [6.45, 7) is 0.436. The second-order valence-corrected chi connectivity index (χ2v) is 6.37. The Labute approximate surface area is 182 Å². The number of halogens is 3. The Morgan fingerprint density at radius 1 is 1.17 bits per heavy atom. The second-order valence-electron chi connectivity index (χ2n) is 6.37. The molecule has 0 atom stereocenters. The zero-order chi connectivity index (χ0) is 19.1. The number of benzene rings is 1. The molecule has 5 aromatic rings. The van der Waals surface area contributed by atoms with Crippen molar-refractivity contribution >= 4 is 52.7 Å². The number of anilines is 1. The Morgan fingerprint density at radius 2 is 2.03 bits per heavy atom. The van der Waals surface area contributed by atoms with Crippen LogP contribution in [-0.4, -0.2) is 34.5 Å². The fraction of sp³-hybridized carbons (Fsp3) is 0.105. The van der Waals surface area contributed by atoms with Crippen LogP contribution < -0.4 is 5.32 Å². The molecule has 4 heterocycles. The topological polar surface area (TPSA) is 97.2 Å². The minimum absolute atomic E-state index is 0. The zero-order valence-corrected chi connectivity index (χ0v) is 17.3. The zero-order valence-electron chi connectivity index (χ0n) is 15.7. The summed E-state index contributed by atoms with van der Waals surface area (Å²) in [5.41, 5.74) is 4.01. The van der Waals surface area contributed by atoms with Crippen LogP contribution in [0, 0.1) is 5.82 Å². The fourth-order valence-electron chi connectivity index (χ4n) is 3.23. The number of rotatable bonds is 4. The summed E-state index contributed by atoms with van der Waals surface area (Å²) in [5.74, 6) is 0.285. The van der Waals surface area contributed by atoms with Gasteiger partial charge in [0.05, 0.1) is 30.2 Å². The maximum absolute atomic E-state index is 14.3. The molecule has 0 aliphatic heterocycles. The average Bonchev–Trinajstić information content (AvgIpc) is 3.35. The first-order chi connectivity index (χ1) is 13.7. The van der Waals surface area contributed by atoms with E-state index in [2.05, 4.69) is 35.2 Å². The lowest BCUT2D eigenvalue weighted by atomic mass is 10.1. The van der Waals surface area contributed by atoms with Crippen molar-refractivity contribution in [3.8, 4) is 11.4 Å². The van der Waals surface area contributed by atoms with Crippen LogP contribution in [-0.2, 0) is 13.6 Å². The van der Waals surface area contributed by atoms with Crippen molar-refractivity contribution in [2.24, 2.45) is 7.05 Å². The molecular weight excluding hydrogens is 430 g/mol. The van der Waals surface area contributed by atoms with E-state index in [1.165, 1.54) is 12.4 Å². The lowest BCUT2D eigenvalue weighted by Gasteiger charge is -2.13. The van der Waals surface area contributed by atoms with Gasteiger partial charge in [-0.05, 0) is 17.7 Å². The number of hydrogen-bond acceptors (Lipinski definition) is 6. The van der Waals surface area contributed by atoms with Gasteiger partial charge in [0.2, 0.25) is 0 Å². The van der Waals surface area contributed by atoms with Crippen LogP contribution in [0.5, 0.6) is 0 Å². The molecule has 11 heteroatoms. The van der Waals surface area contributed by atoms with E-state index in [-0.39, 0.29) is 30.6 Å². The van der Waals surface area contributed by atoms with Gasteiger partial charge >= 0.3 is 0 Å². The number of para-hydroxylation sites is 1. The average molecular weight is 447 g/mol. The molecule has 0 aliphatic carbocycles. The van der Waals surface area contributed by atoms with Gasteiger partial charge in [-0.15, -0.1) is 24.8 Å². The van der Waals surface area contributed by atoms with Gasteiger partial charge in [-0.2, -0.15) is 0 Å². The molecule has 0 unspecified atom stereocenters. The number of H-pyrrole nitrogens is 1. The molecule has 2 N–H and O–H groups in total. The molecule has 0 amide bonds. The number of nitrogens with zero attached hydrogens (tertiary/aromatic N) is 6. The summed E-state index contributed by atoms with van der Waals surface area (Å²) in [5, 5.41) is 4.04. The van der Waals surface area contributed by atoms with E-state index in [1.54, 1.807) is 24.9 Å². The van der Waals surface area contributed by atoms with Crippen LogP contribution in [0.1, 0.15) is 5.56 Å². The number of nitrogens with one attached hydrogen (secondary N) is 2. The Hall–Kier alpha value is -3.30. The molecule has 1 aromatic carbocycles. The van der Waals surface area contributed by atoms with E-state index in [4.69, 9.17) is 0 Å². The van der Waals surface area contributed by atoms with Crippen molar-refractivity contribution in [3.63, 3.8) is 0 Å². The van der Waals surface area contributed by atoms with Crippen LogP contribution >= 0.6 is 24.8 Å². The standard InChI is InChI=1S/C19H15FN8.2ClH/c1-28-10-21-7-14(28)16-12(5-11-3-2-4-13(20)15(11)27-16)6-22-18-17-19(24-8-23-17)26-9-25-18;;/h2-5,7-10H,6H2,1H3,(H2,22,23,24,25,26);2*1H. The molecule has 30 heavy (non-hydrogen) atoms. The van der Waals surface area contributed by atoms with Gasteiger partial charge in [-0.25, -0.2) is 29.3 Å². The Kier molecular flexibility index (Phi) is 6.14. The lowest BCUT2D eigenvalue weighted by molar-refractivity contribution is 0.637. The number of aryl methyl sites for hydroxylation is 1. The van der Waals surface area contributed by atoms with Gasteiger partial charge in [-0.1, -0.05) is 12.1 Å². The van der Waals surface area contributed by atoms with Gasteiger partial charge in [0.25, 0.3) is 0 Å². The third-order valence-corrected chi connectivity index (χ3v) is 4.60. The third kappa shape index (κ3) is 3.64. The second kappa shape index (κ2) is 8.60. The summed E-state index contributed by atoms with van der Waals surface area (Å²) < 4.78 is 16.2. The van der Waals surface area contributed by atoms with E-state index < -0.39 is 0 Å². The van der Waals surface area contributed by atoms with Gasteiger partial charge < -0.3 is 14.9 Å². The normalized spacial score (nSPS) is 10.6.